The quantitative estimate of drug-likeness (QED) is 0.267. The lowest BCUT2D eigenvalue weighted by Gasteiger charge is -1.99. The number of allylic oxidation sites excluding steroid dienone is 4. The summed E-state index contributed by atoms with van der Waals surface area (Å²) in [4.78, 5) is 10.1. The molecule has 0 saturated heterocycles. The predicted molar refractivity (Wildman–Crippen MR) is 84.1 cm³/mol. The molecule has 0 aliphatic carbocycles. The van der Waals surface area contributed by atoms with Gasteiger partial charge in [-0.1, -0.05) is 56.9 Å². The van der Waals surface area contributed by atoms with E-state index in [4.69, 9.17) is 5.11 Å². The Balaban J connectivity index is 3.17. The molecule has 0 aromatic heterocycles. The molecular formula is C17H30O3. The van der Waals surface area contributed by atoms with Crippen LogP contribution in [0.5, 0.6) is 0 Å². The molecule has 0 aromatic carbocycles. The van der Waals surface area contributed by atoms with Crippen LogP contribution in [0.15, 0.2) is 24.3 Å². The monoisotopic (exact) mass is 282 g/mol. The van der Waals surface area contributed by atoms with Gasteiger partial charge in [-0.2, -0.15) is 0 Å². The summed E-state index contributed by atoms with van der Waals surface area (Å²) < 4.78 is 4.44. The molecule has 3 nitrogen and oxygen atoms in total. The van der Waals surface area contributed by atoms with E-state index in [2.05, 4.69) is 36.0 Å². The third-order valence-electron chi connectivity index (χ3n) is 3.07. The Labute approximate surface area is 123 Å². The van der Waals surface area contributed by atoms with Crippen LogP contribution in [0, 0.1) is 0 Å². The highest BCUT2D eigenvalue weighted by Gasteiger charge is 1.95. The Morgan fingerprint density at radius 3 is 2.10 bits per heavy atom. The summed E-state index contributed by atoms with van der Waals surface area (Å²) in [5.41, 5.74) is 0. The van der Waals surface area contributed by atoms with E-state index < -0.39 is 6.16 Å². The summed E-state index contributed by atoms with van der Waals surface area (Å²) >= 11 is 0. The Morgan fingerprint density at radius 2 is 1.50 bits per heavy atom. The van der Waals surface area contributed by atoms with Gasteiger partial charge in [-0.3, -0.25) is 0 Å². The molecular weight excluding hydrogens is 252 g/mol. The van der Waals surface area contributed by atoms with Crippen LogP contribution >= 0.6 is 0 Å². The van der Waals surface area contributed by atoms with Crippen molar-refractivity contribution in [1.29, 1.82) is 0 Å². The van der Waals surface area contributed by atoms with Gasteiger partial charge >= 0.3 is 6.16 Å². The second-order valence-corrected chi connectivity index (χ2v) is 4.99. The third kappa shape index (κ3) is 16.8. The fraction of sp³-hybridized carbons (Fsp3) is 0.706. The van der Waals surface area contributed by atoms with Gasteiger partial charge in [-0.05, 0) is 38.5 Å². The number of carboxylic acid groups (broad SMARTS) is 1. The van der Waals surface area contributed by atoms with Crippen LogP contribution in [0.25, 0.3) is 0 Å². The summed E-state index contributed by atoms with van der Waals surface area (Å²) in [6, 6.07) is 0. The molecule has 116 valence electrons. The van der Waals surface area contributed by atoms with E-state index in [-0.39, 0.29) is 0 Å². The molecule has 0 spiro atoms. The molecule has 0 amide bonds. The normalized spacial score (nSPS) is 11.4. The first-order chi connectivity index (χ1) is 9.77. The fourth-order valence-electron chi connectivity index (χ4n) is 1.90. The van der Waals surface area contributed by atoms with Crippen molar-refractivity contribution in [1.82, 2.24) is 0 Å². The van der Waals surface area contributed by atoms with Gasteiger partial charge < -0.3 is 9.84 Å². The van der Waals surface area contributed by atoms with Gasteiger partial charge in [0, 0.05) is 0 Å². The lowest BCUT2D eigenvalue weighted by molar-refractivity contribution is 0.0900. The summed E-state index contributed by atoms with van der Waals surface area (Å²) in [5.74, 6) is 0. The van der Waals surface area contributed by atoms with Crippen LogP contribution in [-0.2, 0) is 4.74 Å². The zero-order chi connectivity index (χ0) is 14.9. The van der Waals surface area contributed by atoms with Gasteiger partial charge in [0.25, 0.3) is 0 Å². The average molecular weight is 282 g/mol. The number of hydrogen-bond donors (Lipinski definition) is 1. The summed E-state index contributed by atoms with van der Waals surface area (Å²) in [6.45, 7) is 2.56. The average Bonchev–Trinajstić information content (AvgIpc) is 2.43. The number of hydrogen-bond acceptors (Lipinski definition) is 2. The molecule has 0 rings (SSSR count). The van der Waals surface area contributed by atoms with Gasteiger partial charge in [0.1, 0.15) is 0 Å². The van der Waals surface area contributed by atoms with Crippen molar-refractivity contribution in [2.75, 3.05) is 6.61 Å². The van der Waals surface area contributed by atoms with Crippen LogP contribution in [0.3, 0.4) is 0 Å². The fourth-order valence-corrected chi connectivity index (χ4v) is 1.90. The number of carbonyl (C=O) groups is 1. The molecule has 0 aliphatic heterocycles. The van der Waals surface area contributed by atoms with E-state index in [9.17, 15) is 4.79 Å². The van der Waals surface area contributed by atoms with E-state index in [1.165, 1.54) is 32.1 Å². The first-order valence-corrected chi connectivity index (χ1v) is 7.93. The largest absolute Gasteiger partial charge is 0.505 e. The van der Waals surface area contributed by atoms with E-state index in [0.29, 0.717) is 6.61 Å². The second-order valence-electron chi connectivity index (χ2n) is 4.99. The number of ether oxygens (including phenoxy) is 1. The van der Waals surface area contributed by atoms with Crippen molar-refractivity contribution in [3.8, 4) is 0 Å². The number of unbranched alkanes of at least 4 members (excludes halogenated alkanes) is 7. The second kappa shape index (κ2) is 15.8. The van der Waals surface area contributed by atoms with E-state index >= 15 is 0 Å². The molecule has 3 heteroatoms. The van der Waals surface area contributed by atoms with Crippen LogP contribution in [0.1, 0.15) is 71.1 Å². The van der Waals surface area contributed by atoms with Crippen LogP contribution in [0.2, 0.25) is 0 Å². The highest BCUT2D eigenvalue weighted by molar-refractivity contribution is 5.56. The highest BCUT2D eigenvalue weighted by atomic mass is 16.7. The van der Waals surface area contributed by atoms with Crippen molar-refractivity contribution in [3.63, 3.8) is 0 Å². The molecule has 0 heterocycles. The first kappa shape index (κ1) is 18.8. The van der Waals surface area contributed by atoms with Gasteiger partial charge in [0.2, 0.25) is 0 Å². The minimum absolute atomic E-state index is 0.327. The van der Waals surface area contributed by atoms with Crippen molar-refractivity contribution < 1.29 is 14.6 Å². The maximum atomic E-state index is 10.1. The molecule has 0 bridgehead atoms. The highest BCUT2D eigenvalue weighted by Crippen LogP contribution is 2.05. The van der Waals surface area contributed by atoms with Crippen LogP contribution in [0.4, 0.5) is 4.79 Å². The Kier molecular flexibility index (Phi) is 14.8. The third-order valence-corrected chi connectivity index (χ3v) is 3.07. The summed E-state index contributed by atoms with van der Waals surface area (Å²) in [7, 11) is 0. The van der Waals surface area contributed by atoms with Crippen LogP contribution < -0.4 is 0 Å². The smallest absolute Gasteiger partial charge is 0.450 e. The van der Waals surface area contributed by atoms with Crippen molar-refractivity contribution in [2.24, 2.45) is 0 Å². The Bertz CT molecular complexity index is 269. The van der Waals surface area contributed by atoms with E-state index in [0.717, 1.165) is 32.1 Å². The van der Waals surface area contributed by atoms with Crippen LogP contribution in [-0.4, -0.2) is 17.9 Å². The standard InChI is InChI=1S/C17H30O3/c1-2-3-4-5-6-7-8-9-10-11-12-13-14-15-16-20-17(18)19/h6-7,9-10H,2-5,8,11-16H2,1H3,(H,18,19)/b7-6-,10-9-. The molecule has 0 fully saturated rings. The lowest BCUT2D eigenvalue weighted by atomic mass is 10.1. The molecule has 1 N–H and O–H groups in total. The maximum Gasteiger partial charge on any atom is 0.505 e. The Hall–Kier alpha value is -1.25. The minimum Gasteiger partial charge on any atom is -0.450 e. The summed E-state index contributed by atoms with van der Waals surface area (Å²) in [5, 5.41) is 8.28. The minimum atomic E-state index is -1.17. The van der Waals surface area contributed by atoms with Gasteiger partial charge in [0.15, 0.2) is 0 Å². The molecule has 0 aromatic rings. The molecule has 0 radical (unpaired) electrons. The predicted octanol–water partition coefficient (Wildman–Crippen LogP) is 5.71. The van der Waals surface area contributed by atoms with E-state index in [1.54, 1.807) is 0 Å². The van der Waals surface area contributed by atoms with Gasteiger partial charge in [-0.15, -0.1) is 0 Å². The van der Waals surface area contributed by atoms with Crippen molar-refractivity contribution >= 4 is 6.16 Å². The molecule has 0 aliphatic rings. The molecule has 0 saturated carbocycles. The topological polar surface area (TPSA) is 46.5 Å². The lowest BCUT2D eigenvalue weighted by Crippen LogP contribution is -2.01. The molecule has 20 heavy (non-hydrogen) atoms. The van der Waals surface area contributed by atoms with Crippen molar-refractivity contribution in [3.05, 3.63) is 24.3 Å². The maximum absolute atomic E-state index is 10.1. The van der Waals surface area contributed by atoms with E-state index in [1.807, 2.05) is 0 Å². The van der Waals surface area contributed by atoms with Crippen molar-refractivity contribution in [2.45, 2.75) is 71.1 Å². The zero-order valence-corrected chi connectivity index (χ0v) is 12.9. The van der Waals surface area contributed by atoms with Gasteiger partial charge in [0.05, 0.1) is 6.61 Å². The summed E-state index contributed by atoms with van der Waals surface area (Å²) in [6.07, 6.45) is 19.3. The zero-order valence-electron chi connectivity index (χ0n) is 12.9. The first-order valence-electron chi connectivity index (χ1n) is 7.93. The SMILES string of the molecule is CCCCC/C=C\C/C=C\CCCCCCOC(=O)O. The number of rotatable bonds is 13. The van der Waals surface area contributed by atoms with Gasteiger partial charge in [-0.25, -0.2) is 4.79 Å². The molecule has 0 unspecified atom stereocenters. The molecule has 0 atom stereocenters. The Morgan fingerprint density at radius 1 is 0.900 bits per heavy atom.